The quantitative estimate of drug-likeness (QED) is 0.825. The largest absolute Gasteiger partial charge is 0.392 e. The molecule has 0 saturated heterocycles. The van der Waals surface area contributed by atoms with E-state index in [0.717, 1.165) is 6.07 Å². The summed E-state index contributed by atoms with van der Waals surface area (Å²) in [6, 6.07) is 2.06. The van der Waals surface area contributed by atoms with E-state index < -0.39 is 23.2 Å². The van der Waals surface area contributed by atoms with E-state index in [-0.39, 0.29) is 21.7 Å². The normalized spacial score (nSPS) is 24.7. The number of carbonyl (C=O) groups is 1. The van der Waals surface area contributed by atoms with Gasteiger partial charge in [-0.15, -0.1) is 0 Å². The number of rotatable bonds is 2. The molecule has 1 aromatic rings. The Kier molecular flexibility index (Phi) is 3.78. The highest BCUT2D eigenvalue weighted by atomic mass is 35.5. The lowest BCUT2D eigenvalue weighted by Gasteiger charge is -2.49. The summed E-state index contributed by atoms with van der Waals surface area (Å²) in [4.78, 5) is 12.0. The van der Waals surface area contributed by atoms with Crippen molar-refractivity contribution in [2.45, 2.75) is 32.4 Å². The van der Waals surface area contributed by atoms with Crippen molar-refractivity contribution in [3.05, 3.63) is 33.6 Å². The summed E-state index contributed by atoms with van der Waals surface area (Å²) in [6.45, 7) is 3.71. The van der Waals surface area contributed by atoms with Crippen LogP contribution in [-0.2, 0) is 0 Å². The summed E-state index contributed by atoms with van der Waals surface area (Å²) in [5, 5.41) is 12.3. The number of benzene rings is 1. The van der Waals surface area contributed by atoms with E-state index in [4.69, 9.17) is 23.2 Å². The lowest BCUT2D eigenvalue weighted by Crippen LogP contribution is -2.61. The molecule has 0 bridgehead atoms. The molecule has 104 valence electrons. The molecule has 19 heavy (non-hydrogen) atoms. The van der Waals surface area contributed by atoms with Crippen LogP contribution in [0.15, 0.2) is 12.1 Å². The van der Waals surface area contributed by atoms with Crippen molar-refractivity contribution in [3.63, 3.8) is 0 Å². The van der Waals surface area contributed by atoms with Crippen LogP contribution in [0.2, 0.25) is 10.0 Å². The Morgan fingerprint density at radius 3 is 2.58 bits per heavy atom. The van der Waals surface area contributed by atoms with Gasteiger partial charge in [-0.05, 0) is 18.6 Å². The maximum Gasteiger partial charge on any atom is 0.253 e. The Bertz CT molecular complexity index is 534. The molecule has 1 saturated carbocycles. The number of hydrogen-bond acceptors (Lipinski definition) is 2. The van der Waals surface area contributed by atoms with Gasteiger partial charge < -0.3 is 10.4 Å². The highest BCUT2D eigenvalue weighted by molar-refractivity contribution is 6.36. The van der Waals surface area contributed by atoms with Gasteiger partial charge in [-0.2, -0.15) is 0 Å². The first-order chi connectivity index (χ1) is 8.73. The molecule has 1 amide bonds. The van der Waals surface area contributed by atoms with Gasteiger partial charge in [0.2, 0.25) is 0 Å². The van der Waals surface area contributed by atoms with Gasteiger partial charge in [0.25, 0.3) is 5.91 Å². The summed E-state index contributed by atoms with van der Waals surface area (Å²) in [6.07, 6.45) is 0.0297. The third-order valence-electron chi connectivity index (χ3n) is 3.78. The highest BCUT2D eigenvalue weighted by Gasteiger charge is 2.48. The van der Waals surface area contributed by atoms with Crippen LogP contribution in [-0.4, -0.2) is 23.2 Å². The zero-order valence-corrected chi connectivity index (χ0v) is 12.0. The van der Waals surface area contributed by atoms with Crippen molar-refractivity contribution in [2.75, 3.05) is 0 Å². The molecule has 3 nitrogen and oxygen atoms in total. The fourth-order valence-corrected chi connectivity index (χ4v) is 2.55. The molecule has 1 fully saturated rings. The molecule has 1 aromatic carbocycles. The van der Waals surface area contributed by atoms with Gasteiger partial charge in [-0.3, -0.25) is 4.79 Å². The zero-order chi connectivity index (χ0) is 14.4. The maximum atomic E-state index is 13.4. The number of halogens is 3. The van der Waals surface area contributed by atoms with Crippen molar-refractivity contribution in [1.29, 1.82) is 0 Å². The maximum absolute atomic E-state index is 13.4. The highest BCUT2D eigenvalue weighted by Crippen LogP contribution is 2.40. The van der Waals surface area contributed by atoms with Crippen LogP contribution in [0, 0.1) is 11.2 Å². The third kappa shape index (κ3) is 2.57. The topological polar surface area (TPSA) is 49.3 Å². The Morgan fingerprint density at radius 2 is 2.05 bits per heavy atom. The van der Waals surface area contributed by atoms with Gasteiger partial charge >= 0.3 is 0 Å². The Balaban J connectivity index is 2.16. The molecule has 2 rings (SSSR count). The number of aliphatic hydroxyl groups is 1. The number of amides is 1. The molecule has 1 aliphatic carbocycles. The van der Waals surface area contributed by atoms with Gasteiger partial charge in [0.05, 0.1) is 21.7 Å². The van der Waals surface area contributed by atoms with Crippen LogP contribution in [0.1, 0.15) is 30.6 Å². The average Bonchev–Trinajstić information content (AvgIpc) is 2.33. The van der Waals surface area contributed by atoms with Crippen LogP contribution in [0.5, 0.6) is 0 Å². The molecule has 2 atom stereocenters. The van der Waals surface area contributed by atoms with Crippen LogP contribution in [0.25, 0.3) is 0 Å². The van der Waals surface area contributed by atoms with Crippen molar-refractivity contribution < 1.29 is 14.3 Å². The SMILES string of the molecule is CC1(C)C(O)CC1NC(=O)c1cc(F)c(Cl)cc1Cl. The van der Waals surface area contributed by atoms with Gasteiger partial charge in [0, 0.05) is 11.5 Å². The van der Waals surface area contributed by atoms with Gasteiger partial charge in [0.15, 0.2) is 0 Å². The minimum absolute atomic E-state index is 0.0424. The van der Waals surface area contributed by atoms with Crippen LogP contribution in [0.4, 0.5) is 4.39 Å². The lowest BCUT2D eigenvalue weighted by molar-refractivity contribution is -0.0689. The Hall–Kier alpha value is -0.840. The molecule has 0 spiro atoms. The molecule has 2 N–H and O–H groups in total. The Labute approximate surface area is 120 Å². The molecule has 0 aliphatic heterocycles. The molecular formula is C13H14Cl2FNO2. The summed E-state index contributed by atoms with van der Waals surface area (Å²) < 4.78 is 13.4. The van der Waals surface area contributed by atoms with E-state index in [1.54, 1.807) is 0 Å². The molecule has 0 radical (unpaired) electrons. The zero-order valence-electron chi connectivity index (χ0n) is 10.5. The minimum Gasteiger partial charge on any atom is -0.392 e. The van der Waals surface area contributed by atoms with Gasteiger partial charge in [-0.25, -0.2) is 4.39 Å². The van der Waals surface area contributed by atoms with E-state index >= 15 is 0 Å². The smallest absolute Gasteiger partial charge is 0.253 e. The summed E-state index contributed by atoms with van der Waals surface area (Å²) in [7, 11) is 0. The standard InChI is InChI=1S/C13H14Cl2FNO2/c1-13(2)10(5-11(13)18)17-12(19)6-3-9(16)8(15)4-7(6)14/h3-4,10-11,18H,5H2,1-2H3,(H,17,19). The van der Waals surface area contributed by atoms with Crippen molar-refractivity contribution in [1.82, 2.24) is 5.32 Å². The molecule has 0 heterocycles. The molecule has 1 aliphatic rings. The monoisotopic (exact) mass is 305 g/mol. The molecule has 2 unspecified atom stereocenters. The van der Waals surface area contributed by atoms with E-state index in [0.29, 0.717) is 6.42 Å². The van der Waals surface area contributed by atoms with E-state index in [9.17, 15) is 14.3 Å². The second-order valence-electron chi connectivity index (χ2n) is 5.35. The summed E-state index contributed by atoms with van der Waals surface area (Å²) in [5.41, 5.74) is -0.353. The van der Waals surface area contributed by atoms with Gasteiger partial charge in [-0.1, -0.05) is 37.0 Å². The van der Waals surface area contributed by atoms with Gasteiger partial charge in [0.1, 0.15) is 5.82 Å². The second kappa shape index (κ2) is 4.93. The number of hydrogen-bond donors (Lipinski definition) is 2. The average molecular weight is 306 g/mol. The summed E-state index contributed by atoms with van der Waals surface area (Å²) in [5.74, 6) is -1.16. The minimum atomic E-state index is -0.691. The van der Waals surface area contributed by atoms with E-state index in [1.165, 1.54) is 6.07 Å². The van der Waals surface area contributed by atoms with E-state index in [2.05, 4.69) is 5.32 Å². The molecular weight excluding hydrogens is 292 g/mol. The van der Waals surface area contributed by atoms with Crippen molar-refractivity contribution in [3.8, 4) is 0 Å². The van der Waals surface area contributed by atoms with Crippen LogP contribution >= 0.6 is 23.2 Å². The first-order valence-electron chi connectivity index (χ1n) is 5.87. The fourth-order valence-electron chi connectivity index (χ4n) is 2.08. The van der Waals surface area contributed by atoms with E-state index in [1.807, 2.05) is 13.8 Å². The first kappa shape index (κ1) is 14.6. The predicted octanol–water partition coefficient (Wildman–Crippen LogP) is 3.02. The van der Waals surface area contributed by atoms with Crippen LogP contribution in [0.3, 0.4) is 0 Å². The number of carbonyl (C=O) groups excluding carboxylic acids is 1. The second-order valence-corrected chi connectivity index (χ2v) is 6.16. The molecule has 6 heteroatoms. The number of nitrogens with one attached hydrogen (secondary N) is 1. The first-order valence-corrected chi connectivity index (χ1v) is 6.62. The third-order valence-corrected chi connectivity index (χ3v) is 4.38. The van der Waals surface area contributed by atoms with Crippen molar-refractivity contribution >= 4 is 29.1 Å². The Morgan fingerprint density at radius 1 is 1.42 bits per heavy atom. The van der Waals surface area contributed by atoms with Crippen molar-refractivity contribution in [2.24, 2.45) is 5.41 Å². The van der Waals surface area contributed by atoms with Crippen LogP contribution < -0.4 is 5.32 Å². The summed E-state index contributed by atoms with van der Waals surface area (Å²) >= 11 is 11.5. The fraction of sp³-hybridized carbons (Fsp3) is 0.462. The predicted molar refractivity (Wildman–Crippen MR) is 72.1 cm³/mol. The molecule has 0 aromatic heterocycles. The lowest BCUT2D eigenvalue weighted by atomic mass is 9.64. The number of aliphatic hydroxyl groups excluding tert-OH is 1.